The Balaban J connectivity index is 2.77. The first-order valence-electron chi connectivity index (χ1n) is 5.80. The fourth-order valence-corrected chi connectivity index (χ4v) is 2.83. The summed E-state index contributed by atoms with van der Waals surface area (Å²) in [6.45, 7) is -0.587. The van der Waals surface area contributed by atoms with Crippen molar-refractivity contribution in [3.8, 4) is 0 Å². The number of benzene rings is 1. The Labute approximate surface area is 111 Å². The highest BCUT2D eigenvalue weighted by Gasteiger charge is 2.25. The van der Waals surface area contributed by atoms with Crippen molar-refractivity contribution in [3.05, 3.63) is 35.9 Å². The highest BCUT2D eigenvalue weighted by molar-refractivity contribution is 7.89. The van der Waals surface area contributed by atoms with Gasteiger partial charge in [-0.3, -0.25) is 9.18 Å². The van der Waals surface area contributed by atoms with Crippen molar-refractivity contribution in [2.75, 3.05) is 12.4 Å². The van der Waals surface area contributed by atoms with Gasteiger partial charge in [0.2, 0.25) is 10.0 Å². The van der Waals surface area contributed by atoms with Crippen molar-refractivity contribution in [2.24, 2.45) is 0 Å². The van der Waals surface area contributed by atoms with Crippen LogP contribution in [0.1, 0.15) is 24.4 Å². The second-order valence-corrected chi connectivity index (χ2v) is 5.89. The number of rotatable bonds is 8. The van der Waals surface area contributed by atoms with Crippen LogP contribution in [-0.4, -0.2) is 31.9 Å². The van der Waals surface area contributed by atoms with Crippen molar-refractivity contribution < 1.29 is 22.7 Å². The Hall–Kier alpha value is -1.47. The quantitative estimate of drug-likeness (QED) is 0.710. The third-order valence-corrected chi connectivity index (χ3v) is 3.89. The molecule has 7 heteroatoms. The number of aliphatic carboxylic acids is 1. The lowest BCUT2D eigenvalue weighted by molar-refractivity contribution is -0.139. The summed E-state index contributed by atoms with van der Waals surface area (Å²) in [5.41, 5.74) is 0.351. The Morgan fingerprint density at radius 1 is 1.26 bits per heavy atom. The van der Waals surface area contributed by atoms with Crippen molar-refractivity contribution in [1.29, 1.82) is 0 Å². The Kier molecular flexibility index (Phi) is 5.91. The molecule has 19 heavy (non-hydrogen) atoms. The Morgan fingerprint density at radius 3 is 2.42 bits per heavy atom. The third kappa shape index (κ3) is 5.35. The number of nitrogens with one attached hydrogen (secondary N) is 1. The summed E-state index contributed by atoms with van der Waals surface area (Å²) >= 11 is 0. The minimum atomic E-state index is -3.74. The Bertz CT molecular complexity index is 504. The van der Waals surface area contributed by atoms with Crippen molar-refractivity contribution in [3.63, 3.8) is 0 Å². The maximum atomic E-state index is 11.9. The zero-order valence-electron chi connectivity index (χ0n) is 10.3. The van der Waals surface area contributed by atoms with E-state index in [-0.39, 0.29) is 18.6 Å². The average molecular weight is 289 g/mol. The number of unbranched alkanes of at least 4 members (excludes halogenated alkanes) is 1. The summed E-state index contributed by atoms with van der Waals surface area (Å²) in [5, 5.41) is 9.07. The predicted octanol–water partition coefficient (Wildman–Crippen LogP) is 1.48. The van der Waals surface area contributed by atoms with Crippen LogP contribution in [0.5, 0.6) is 0 Å². The van der Waals surface area contributed by atoms with Crippen LogP contribution in [0.3, 0.4) is 0 Å². The van der Waals surface area contributed by atoms with E-state index in [1.807, 2.05) is 0 Å². The van der Waals surface area contributed by atoms with Gasteiger partial charge in [0.1, 0.15) is 6.04 Å². The lowest BCUT2D eigenvalue weighted by Crippen LogP contribution is -2.35. The van der Waals surface area contributed by atoms with Gasteiger partial charge >= 0.3 is 5.97 Å². The minimum Gasteiger partial charge on any atom is -0.480 e. The summed E-state index contributed by atoms with van der Waals surface area (Å²) in [6.07, 6.45) is 0.303. The van der Waals surface area contributed by atoms with Crippen LogP contribution in [0.2, 0.25) is 0 Å². The van der Waals surface area contributed by atoms with Crippen LogP contribution >= 0.6 is 0 Å². The molecule has 0 fully saturated rings. The van der Waals surface area contributed by atoms with E-state index in [4.69, 9.17) is 5.11 Å². The average Bonchev–Trinajstić information content (AvgIpc) is 2.37. The summed E-state index contributed by atoms with van der Waals surface area (Å²) in [7, 11) is -3.74. The number of alkyl halides is 1. The molecule has 0 aromatic heterocycles. The zero-order valence-corrected chi connectivity index (χ0v) is 11.1. The molecular weight excluding hydrogens is 273 g/mol. The van der Waals surface area contributed by atoms with E-state index in [1.165, 1.54) is 12.1 Å². The molecule has 0 saturated heterocycles. The minimum absolute atomic E-state index is 0.143. The standard InChI is InChI=1S/C12H16FNO4S/c13-8-4-5-9-19(17,18)14-11(12(15)16)10-6-2-1-3-7-10/h1-3,6-7,11,14H,4-5,8-9H2,(H,15,16)/t11-/m0/s1. The number of sulfonamides is 1. The highest BCUT2D eigenvalue weighted by atomic mass is 32.2. The third-order valence-electron chi connectivity index (χ3n) is 2.47. The first-order chi connectivity index (χ1) is 8.96. The highest BCUT2D eigenvalue weighted by Crippen LogP contribution is 2.14. The van der Waals surface area contributed by atoms with Gasteiger partial charge < -0.3 is 5.11 Å². The molecule has 1 aromatic carbocycles. The molecule has 0 unspecified atom stereocenters. The summed E-state index contributed by atoms with van der Waals surface area (Å²) < 4.78 is 37.4. The van der Waals surface area contributed by atoms with Crippen LogP contribution in [-0.2, 0) is 14.8 Å². The maximum absolute atomic E-state index is 11.9. The second kappa shape index (κ2) is 7.20. The van der Waals surface area contributed by atoms with E-state index >= 15 is 0 Å². The van der Waals surface area contributed by atoms with Gasteiger partial charge in [0.25, 0.3) is 0 Å². The van der Waals surface area contributed by atoms with Crippen molar-refractivity contribution in [2.45, 2.75) is 18.9 Å². The number of carbonyl (C=O) groups is 1. The lowest BCUT2D eigenvalue weighted by atomic mass is 10.1. The van der Waals surface area contributed by atoms with Crippen molar-refractivity contribution >= 4 is 16.0 Å². The molecule has 5 nitrogen and oxygen atoms in total. The van der Waals surface area contributed by atoms with Gasteiger partial charge in [-0.25, -0.2) is 8.42 Å². The zero-order chi connectivity index (χ0) is 14.3. The molecule has 0 spiro atoms. The first kappa shape index (κ1) is 15.6. The molecule has 1 rings (SSSR count). The Morgan fingerprint density at radius 2 is 1.89 bits per heavy atom. The maximum Gasteiger partial charge on any atom is 0.326 e. The molecule has 106 valence electrons. The monoisotopic (exact) mass is 289 g/mol. The van der Waals surface area contributed by atoms with E-state index in [2.05, 4.69) is 4.72 Å². The number of hydrogen-bond acceptors (Lipinski definition) is 3. The first-order valence-corrected chi connectivity index (χ1v) is 7.45. The predicted molar refractivity (Wildman–Crippen MR) is 69.0 cm³/mol. The molecule has 0 amide bonds. The van der Waals surface area contributed by atoms with Crippen LogP contribution < -0.4 is 4.72 Å². The van der Waals surface area contributed by atoms with Gasteiger partial charge in [0.15, 0.2) is 0 Å². The normalized spacial score (nSPS) is 13.1. The van der Waals surface area contributed by atoms with Gasteiger partial charge in [0, 0.05) is 0 Å². The topological polar surface area (TPSA) is 83.5 Å². The van der Waals surface area contributed by atoms with E-state index in [9.17, 15) is 17.6 Å². The molecule has 0 aliphatic rings. The van der Waals surface area contributed by atoms with Crippen LogP contribution in [0.4, 0.5) is 4.39 Å². The number of halogens is 1. The number of carboxylic acids is 1. The molecule has 1 aromatic rings. The fraction of sp³-hybridized carbons (Fsp3) is 0.417. The fourth-order valence-electron chi connectivity index (χ4n) is 1.53. The molecule has 0 bridgehead atoms. The lowest BCUT2D eigenvalue weighted by Gasteiger charge is -2.14. The summed E-state index contributed by atoms with van der Waals surface area (Å²) in [4.78, 5) is 11.1. The van der Waals surface area contributed by atoms with E-state index in [1.54, 1.807) is 18.2 Å². The van der Waals surface area contributed by atoms with Crippen LogP contribution in [0.25, 0.3) is 0 Å². The largest absolute Gasteiger partial charge is 0.480 e. The van der Waals surface area contributed by atoms with E-state index in [0.717, 1.165) is 0 Å². The van der Waals surface area contributed by atoms with Gasteiger partial charge in [-0.05, 0) is 18.4 Å². The second-order valence-electron chi connectivity index (χ2n) is 4.01. The molecule has 0 aliphatic carbocycles. The molecule has 0 saturated carbocycles. The smallest absolute Gasteiger partial charge is 0.326 e. The SMILES string of the molecule is O=C(O)[C@@H](NS(=O)(=O)CCCCF)c1ccccc1. The van der Waals surface area contributed by atoms with Gasteiger partial charge in [-0.2, -0.15) is 4.72 Å². The molecule has 1 atom stereocenters. The van der Waals surface area contributed by atoms with Gasteiger partial charge in [-0.1, -0.05) is 30.3 Å². The number of hydrogen-bond donors (Lipinski definition) is 2. The van der Waals surface area contributed by atoms with Crippen molar-refractivity contribution in [1.82, 2.24) is 4.72 Å². The molecule has 0 aliphatic heterocycles. The van der Waals surface area contributed by atoms with E-state index in [0.29, 0.717) is 5.56 Å². The van der Waals surface area contributed by atoms with Crippen LogP contribution in [0.15, 0.2) is 30.3 Å². The number of carboxylic acid groups (broad SMARTS) is 1. The van der Waals surface area contributed by atoms with Crippen LogP contribution in [0, 0.1) is 0 Å². The van der Waals surface area contributed by atoms with E-state index < -0.39 is 28.7 Å². The van der Waals surface area contributed by atoms with Gasteiger partial charge in [0.05, 0.1) is 12.4 Å². The van der Waals surface area contributed by atoms with Gasteiger partial charge in [-0.15, -0.1) is 0 Å². The summed E-state index contributed by atoms with van der Waals surface area (Å²) in [5.74, 6) is -1.56. The summed E-state index contributed by atoms with van der Waals surface area (Å²) in [6, 6.07) is 6.70. The molecule has 2 N–H and O–H groups in total. The molecule has 0 radical (unpaired) electrons. The molecular formula is C12H16FNO4S. The molecule has 0 heterocycles.